The van der Waals surface area contributed by atoms with Crippen molar-refractivity contribution in [2.45, 2.75) is 31.8 Å². The number of aliphatic hydroxyl groups excluding tert-OH is 1. The van der Waals surface area contributed by atoms with Crippen molar-refractivity contribution in [1.29, 1.82) is 0 Å². The van der Waals surface area contributed by atoms with E-state index in [9.17, 15) is 9.90 Å². The number of hydrogen-bond donors (Lipinski definition) is 2. The minimum absolute atomic E-state index is 0.0483. The van der Waals surface area contributed by atoms with Crippen LogP contribution in [0.1, 0.15) is 35.2 Å². The Hall–Kier alpha value is -1.55. The lowest BCUT2D eigenvalue weighted by Gasteiger charge is -2.30. The number of nitrogens with one attached hydrogen (secondary N) is 1. The Morgan fingerprint density at radius 3 is 3.11 bits per heavy atom. The Kier molecular flexibility index (Phi) is 3.42. The van der Waals surface area contributed by atoms with Crippen molar-refractivity contribution >= 4 is 11.6 Å². The Labute approximate surface area is 113 Å². The molecule has 2 aliphatic heterocycles. The van der Waals surface area contributed by atoms with Gasteiger partial charge in [0.15, 0.2) is 0 Å². The first-order valence-corrected chi connectivity index (χ1v) is 7.08. The van der Waals surface area contributed by atoms with Gasteiger partial charge in [-0.25, -0.2) is 0 Å². The first-order chi connectivity index (χ1) is 9.24. The van der Waals surface area contributed by atoms with Gasteiger partial charge in [0, 0.05) is 30.9 Å². The highest BCUT2D eigenvalue weighted by Crippen LogP contribution is 2.24. The maximum absolute atomic E-state index is 12.4. The summed E-state index contributed by atoms with van der Waals surface area (Å²) >= 11 is 0. The first kappa shape index (κ1) is 12.5. The van der Waals surface area contributed by atoms with Crippen molar-refractivity contribution in [3.63, 3.8) is 0 Å². The molecule has 0 radical (unpaired) electrons. The molecule has 1 saturated heterocycles. The van der Waals surface area contributed by atoms with Crippen molar-refractivity contribution in [3.8, 4) is 0 Å². The van der Waals surface area contributed by atoms with E-state index in [4.69, 9.17) is 0 Å². The van der Waals surface area contributed by atoms with E-state index < -0.39 is 0 Å². The molecule has 19 heavy (non-hydrogen) atoms. The van der Waals surface area contributed by atoms with Crippen molar-refractivity contribution in [2.24, 2.45) is 0 Å². The van der Waals surface area contributed by atoms with E-state index in [1.54, 1.807) is 4.90 Å². The average molecular weight is 260 g/mol. The maximum atomic E-state index is 12.4. The first-order valence-electron chi connectivity index (χ1n) is 7.08. The molecule has 0 aromatic heterocycles. The summed E-state index contributed by atoms with van der Waals surface area (Å²) in [7, 11) is 0. The third kappa shape index (κ3) is 2.59. The molecule has 0 spiro atoms. The molecule has 2 aliphatic rings. The van der Waals surface area contributed by atoms with Crippen molar-refractivity contribution in [1.82, 2.24) is 4.90 Å². The molecule has 3 rings (SSSR count). The second kappa shape index (κ2) is 5.21. The molecule has 2 N–H and O–H groups in total. The minimum atomic E-state index is -0.364. The van der Waals surface area contributed by atoms with Crippen LogP contribution in [0.25, 0.3) is 0 Å². The van der Waals surface area contributed by atoms with Crippen molar-refractivity contribution in [2.75, 3.05) is 25.0 Å². The average Bonchev–Trinajstić information content (AvgIpc) is 2.46. The third-order valence-corrected chi connectivity index (χ3v) is 3.97. The smallest absolute Gasteiger partial charge is 0.253 e. The Morgan fingerprint density at radius 2 is 2.26 bits per heavy atom. The fraction of sp³-hybridized carbons (Fsp3) is 0.533. The molecule has 1 aromatic rings. The number of nitrogens with zero attached hydrogens (tertiary/aromatic N) is 1. The van der Waals surface area contributed by atoms with E-state index in [-0.39, 0.29) is 12.0 Å². The van der Waals surface area contributed by atoms with Crippen LogP contribution in [-0.4, -0.2) is 41.7 Å². The zero-order valence-electron chi connectivity index (χ0n) is 11.1. The number of hydrogen-bond acceptors (Lipinski definition) is 3. The normalized spacial score (nSPS) is 22.6. The lowest BCUT2D eigenvalue weighted by molar-refractivity contribution is 0.0473. The number of likely N-dealkylation sites (tertiary alicyclic amines) is 1. The predicted octanol–water partition coefficient (Wildman–Crippen LogP) is 1.64. The van der Waals surface area contributed by atoms with Gasteiger partial charge >= 0.3 is 0 Å². The summed E-state index contributed by atoms with van der Waals surface area (Å²) in [6, 6.07) is 5.90. The molecule has 102 valence electrons. The second-order valence-electron chi connectivity index (χ2n) is 5.45. The van der Waals surface area contributed by atoms with Crippen LogP contribution in [0.5, 0.6) is 0 Å². The van der Waals surface area contributed by atoms with E-state index in [0.717, 1.165) is 50.0 Å². The molecule has 4 nitrogen and oxygen atoms in total. The van der Waals surface area contributed by atoms with Crippen LogP contribution < -0.4 is 5.32 Å². The Morgan fingerprint density at radius 1 is 1.37 bits per heavy atom. The quantitative estimate of drug-likeness (QED) is 0.807. The summed E-state index contributed by atoms with van der Waals surface area (Å²) in [6.45, 7) is 2.23. The van der Waals surface area contributed by atoms with E-state index in [0.29, 0.717) is 6.54 Å². The number of aliphatic hydroxyl groups is 1. The highest BCUT2D eigenvalue weighted by Gasteiger charge is 2.23. The number of benzene rings is 1. The number of β-amino-alcohol motifs (C(OH)–C–C–N with tert-alkyl or cyclic N) is 1. The molecule has 0 unspecified atom stereocenters. The number of rotatable bonds is 1. The van der Waals surface area contributed by atoms with Gasteiger partial charge < -0.3 is 15.3 Å². The third-order valence-electron chi connectivity index (χ3n) is 3.97. The van der Waals surface area contributed by atoms with Gasteiger partial charge in [-0.1, -0.05) is 0 Å². The molecule has 0 bridgehead atoms. The van der Waals surface area contributed by atoms with Crippen LogP contribution in [-0.2, 0) is 6.42 Å². The van der Waals surface area contributed by atoms with Gasteiger partial charge in [-0.2, -0.15) is 0 Å². The van der Waals surface area contributed by atoms with Gasteiger partial charge in [-0.05, 0) is 49.4 Å². The molecule has 4 heteroatoms. The monoisotopic (exact) mass is 260 g/mol. The van der Waals surface area contributed by atoms with Crippen LogP contribution >= 0.6 is 0 Å². The fourth-order valence-corrected chi connectivity index (χ4v) is 2.93. The molecule has 1 aromatic carbocycles. The SMILES string of the molecule is O=C(c1ccc2c(c1)CCCN2)N1CCC[C@H](O)C1. The van der Waals surface area contributed by atoms with Gasteiger partial charge in [-0.3, -0.25) is 4.79 Å². The molecule has 0 aliphatic carbocycles. The highest BCUT2D eigenvalue weighted by atomic mass is 16.3. The topological polar surface area (TPSA) is 52.6 Å². The lowest BCUT2D eigenvalue weighted by atomic mass is 9.99. The van der Waals surface area contributed by atoms with Gasteiger partial charge in [0.2, 0.25) is 0 Å². The number of anilines is 1. The molecular weight excluding hydrogens is 240 g/mol. The number of amides is 1. The zero-order chi connectivity index (χ0) is 13.2. The summed E-state index contributed by atoms with van der Waals surface area (Å²) in [5, 5.41) is 13.0. The summed E-state index contributed by atoms with van der Waals surface area (Å²) in [5.41, 5.74) is 3.13. The Balaban J connectivity index is 1.79. The van der Waals surface area contributed by atoms with Crippen LogP contribution in [0.4, 0.5) is 5.69 Å². The minimum Gasteiger partial charge on any atom is -0.391 e. The van der Waals surface area contributed by atoms with Crippen LogP contribution in [0.15, 0.2) is 18.2 Å². The molecule has 0 saturated carbocycles. The van der Waals surface area contributed by atoms with E-state index in [2.05, 4.69) is 5.32 Å². The van der Waals surface area contributed by atoms with Crippen LogP contribution in [0, 0.1) is 0 Å². The number of fused-ring (bicyclic) bond motifs is 1. The molecule has 1 atom stereocenters. The molecule has 1 amide bonds. The maximum Gasteiger partial charge on any atom is 0.253 e. The summed E-state index contributed by atoms with van der Waals surface area (Å²) in [5.74, 6) is 0.0483. The number of carbonyl (C=O) groups excluding carboxylic acids is 1. The van der Waals surface area contributed by atoms with Gasteiger partial charge in [-0.15, -0.1) is 0 Å². The van der Waals surface area contributed by atoms with Crippen LogP contribution in [0.3, 0.4) is 0 Å². The fourth-order valence-electron chi connectivity index (χ4n) is 2.93. The van der Waals surface area contributed by atoms with E-state index in [1.807, 2.05) is 18.2 Å². The highest BCUT2D eigenvalue weighted by molar-refractivity contribution is 5.95. The largest absolute Gasteiger partial charge is 0.391 e. The van der Waals surface area contributed by atoms with Crippen molar-refractivity contribution in [3.05, 3.63) is 29.3 Å². The standard InChI is InChI=1S/C15H20N2O2/c18-13-4-2-8-17(10-13)15(19)12-5-6-14-11(9-12)3-1-7-16-14/h5-6,9,13,16,18H,1-4,7-8,10H2/t13-/m0/s1. The molecular formula is C15H20N2O2. The second-order valence-corrected chi connectivity index (χ2v) is 5.45. The summed E-state index contributed by atoms with van der Waals surface area (Å²) in [4.78, 5) is 14.2. The van der Waals surface area contributed by atoms with Gasteiger partial charge in [0.05, 0.1) is 6.10 Å². The Bertz CT molecular complexity index is 487. The van der Waals surface area contributed by atoms with E-state index >= 15 is 0 Å². The number of carbonyl (C=O) groups is 1. The number of aryl methyl sites for hydroxylation is 1. The lowest BCUT2D eigenvalue weighted by Crippen LogP contribution is -2.42. The van der Waals surface area contributed by atoms with E-state index in [1.165, 1.54) is 5.56 Å². The number of piperidine rings is 1. The van der Waals surface area contributed by atoms with Gasteiger partial charge in [0.1, 0.15) is 0 Å². The zero-order valence-corrected chi connectivity index (χ0v) is 11.1. The molecule has 1 fully saturated rings. The summed E-state index contributed by atoms with van der Waals surface area (Å²) < 4.78 is 0. The molecule has 2 heterocycles. The summed E-state index contributed by atoms with van der Waals surface area (Å²) in [6.07, 6.45) is 3.48. The van der Waals surface area contributed by atoms with Crippen LogP contribution in [0.2, 0.25) is 0 Å². The predicted molar refractivity (Wildman–Crippen MR) is 74.4 cm³/mol. The van der Waals surface area contributed by atoms with Crippen molar-refractivity contribution < 1.29 is 9.90 Å². The van der Waals surface area contributed by atoms with Gasteiger partial charge in [0.25, 0.3) is 5.91 Å².